The van der Waals surface area contributed by atoms with Crippen LogP contribution in [0.4, 0.5) is 11.4 Å². The number of ether oxygens (including phenoxy) is 1. The maximum atomic E-state index is 11.8. The number of nitrogen functional groups attached to an aromatic ring is 1. The number of nitrogens with two attached hydrogens (primary N) is 1. The predicted molar refractivity (Wildman–Crippen MR) is 71.9 cm³/mol. The summed E-state index contributed by atoms with van der Waals surface area (Å²) in [5.74, 6) is -0.383. The van der Waals surface area contributed by atoms with Gasteiger partial charge in [-0.25, -0.2) is 4.79 Å². The molecule has 1 heterocycles. The number of hydrogen-bond donors (Lipinski definition) is 2. The lowest BCUT2D eigenvalue weighted by molar-refractivity contribution is -0.127. The van der Waals surface area contributed by atoms with E-state index in [-0.39, 0.29) is 11.9 Å². The Morgan fingerprint density at radius 2 is 2.26 bits per heavy atom. The molecule has 1 aromatic carbocycles. The molecule has 6 heteroatoms. The largest absolute Gasteiger partial charge is 0.465 e. The van der Waals surface area contributed by atoms with Gasteiger partial charge in [0.1, 0.15) is 6.04 Å². The van der Waals surface area contributed by atoms with E-state index in [9.17, 15) is 9.59 Å². The van der Waals surface area contributed by atoms with Crippen LogP contribution in [0.15, 0.2) is 18.2 Å². The summed E-state index contributed by atoms with van der Waals surface area (Å²) in [6.45, 7) is 0.733. The van der Waals surface area contributed by atoms with Crippen molar-refractivity contribution in [2.24, 2.45) is 0 Å². The number of carbonyl (C=O) groups excluding carboxylic acids is 2. The summed E-state index contributed by atoms with van der Waals surface area (Å²) in [4.78, 5) is 24.8. The zero-order valence-corrected chi connectivity index (χ0v) is 11.0. The first kappa shape index (κ1) is 13.2. The van der Waals surface area contributed by atoms with E-state index in [4.69, 9.17) is 5.73 Å². The van der Waals surface area contributed by atoms with Gasteiger partial charge >= 0.3 is 5.97 Å². The van der Waals surface area contributed by atoms with Gasteiger partial charge in [0.2, 0.25) is 5.91 Å². The van der Waals surface area contributed by atoms with Crippen molar-refractivity contribution in [3.05, 3.63) is 23.8 Å². The Balaban J connectivity index is 2.14. The van der Waals surface area contributed by atoms with E-state index < -0.39 is 5.97 Å². The number of nitrogens with one attached hydrogen (secondary N) is 1. The predicted octanol–water partition coefficient (Wildman–Crippen LogP) is 0.698. The number of likely N-dealkylation sites (N-methyl/N-ethyl adjacent to an activating group) is 1. The minimum atomic E-state index is -0.435. The van der Waals surface area contributed by atoms with Crippen molar-refractivity contribution >= 4 is 23.3 Å². The van der Waals surface area contributed by atoms with Gasteiger partial charge in [0.05, 0.1) is 24.0 Å². The van der Waals surface area contributed by atoms with Crippen LogP contribution in [0.2, 0.25) is 0 Å². The molecule has 0 saturated carbocycles. The molecule has 1 amide bonds. The molecule has 0 bridgehead atoms. The Hall–Kier alpha value is -2.24. The quantitative estimate of drug-likeness (QED) is 0.619. The van der Waals surface area contributed by atoms with Crippen molar-refractivity contribution in [3.63, 3.8) is 0 Å². The van der Waals surface area contributed by atoms with Crippen molar-refractivity contribution in [1.29, 1.82) is 0 Å². The molecule has 1 fully saturated rings. The molecule has 1 unspecified atom stereocenters. The summed E-state index contributed by atoms with van der Waals surface area (Å²) in [6.07, 6.45) is 0.744. The van der Waals surface area contributed by atoms with Gasteiger partial charge in [-0.1, -0.05) is 0 Å². The van der Waals surface area contributed by atoms with Crippen LogP contribution in [-0.4, -0.2) is 43.5 Å². The number of likely N-dealkylation sites (tertiary alicyclic amines) is 1. The monoisotopic (exact) mass is 263 g/mol. The Labute approximate surface area is 111 Å². The third-order valence-corrected chi connectivity index (χ3v) is 3.23. The van der Waals surface area contributed by atoms with E-state index in [0.717, 1.165) is 13.0 Å². The van der Waals surface area contributed by atoms with Crippen LogP contribution < -0.4 is 11.1 Å². The molecule has 1 atom stereocenters. The molecule has 0 spiro atoms. The van der Waals surface area contributed by atoms with Crippen molar-refractivity contribution < 1.29 is 14.3 Å². The van der Waals surface area contributed by atoms with E-state index in [0.29, 0.717) is 16.9 Å². The first-order valence-electron chi connectivity index (χ1n) is 6.02. The SMILES string of the molecule is COC(=O)c1ccc(NC2CCN(C)C2=O)c(N)c1. The maximum Gasteiger partial charge on any atom is 0.337 e. The first-order chi connectivity index (χ1) is 9.02. The van der Waals surface area contributed by atoms with Crippen LogP contribution in [0, 0.1) is 0 Å². The molecule has 6 nitrogen and oxygen atoms in total. The van der Waals surface area contributed by atoms with Crippen LogP contribution >= 0.6 is 0 Å². The fourth-order valence-corrected chi connectivity index (χ4v) is 2.08. The normalized spacial score (nSPS) is 18.5. The lowest BCUT2D eigenvalue weighted by Gasteiger charge is -2.15. The number of amides is 1. The van der Waals surface area contributed by atoms with E-state index in [2.05, 4.69) is 10.1 Å². The minimum absolute atomic E-state index is 0.0523. The number of rotatable bonds is 3. The molecule has 1 aliphatic rings. The summed E-state index contributed by atoms with van der Waals surface area (Å²) in [6, 6.07) is 4.59. The summed E-state index contributed by atoms with van der Waals surface area (Å²) < 4.78 is 4.62. The number of esters is 1. The second kappa shape index (κ2) is 5.17. The smallest absolute Gasteiger partial charge is 0.337 e. The number of methoxy groups -OCH3 is 1. The average Bonchev–Trinajstić information content (AvgIpc) is 2.72. The van der Waals surface area contributed by atoms with Crippen LogP contribution in [0.1, 0.15) is 16.8 Å². The van der Waals surface area contributed by atoms with Gasteiger partial charge in [0.25, 0.3) is 0 Å². The molecule has 0 aliphatic carbocycles. The van der Waals surface area contributed by atoms with Crippen molar-refractivity contribution in [1.82, 2.24) is 4.90 Å². The number of anilines is 2. The second-order valence-electron chi connectivity index (χ2n) is 4.54. The Morgan fingerprint density at radius 1 is 1.53 bits per heavy atom. The van der Waals surface area contributed by atoms with Crippen molar-refractivity contribution in [2.45, 2.75) is 12.5 Å². The molecule has 1 saturated heterocycles. The summed E-state index contributed by atoms with van der Waals surface area (Å²) in [5.41, 5.74) is 7.34. The molecular weight excluding hydrogens is 246 g/mol. The van der Waals surface area contributed by atoms with Gasteiger partial charge in [-0.3, -0.25) is 4.79 Å². The maximum absolute atomic E-state index is 11.8. The highest BCUT2D eigenvalue weighted by Gasteiger charge is 2.29. The van der Waals surface area contributed by atoms with Gasteiger partial charge in [-0.15, -0.1) is 0 Å². The number of benzene rings is 1. The summed E-state index contributed by atoms with van der Waals surface area (Å²) in [5, 5.41) is 3.11. The van der Waals surface area contributed by atoms with E-state index >= 15 is 0 Å². The fraction of sp³-hybridized carbons (Fsp3) is 0.385. The molecule has 1 aliphatic heterocycles. The fourth-order valence-electron chi connectivity index (χ4n) is 2.08. The van der Waals surface area contributed by atoms with Crippen LogP contribution in [0.3, 0.4) is 0 Å². The van der Waals surface area contributed by atoms with Gasteiger partial charge in [-0.05, 0) is 24.6 Å². The second-order valence-corrected chi connectivity index (χ2v) is 4.54. The minimum Gasteiger partial charge on any atom is -0.465 e. The third kappa shape index (κ3) is 2.62. The van der Waals surface area contributed by atoms with Crippen LogP contribution in [-0.2, 0) is 9.53 Å². The van der Waals surface area contributed by atoms with E-state index in [1.807, 2.05) is 0 Å². The average molecular weight is 263 g/mol. The van der Waals surface area contributed by atoms with Crippen LogP contribution in [0.5, 0.6) is 0 Å². The van der Waals surface area contributed by atoms with Gasteiger partial charge in [0, 0.05) is 13.6 Å². The van der Waals surface area contributed by atoms with Crippen LogP contribution in [0.25, 0.3) is 0 Å². The zero-order valence-electron chi connectivity index (χ0n) is 11.0. The lowest BCUT2D eigenvalue weighted by Crippen LogP contribution is -2.31. The molecule has 3 N–H and O–H groups in total. The summed E-state index contributed by atoms with van der Waals surface area (Å²) in [7, 11) is 3.09. The lowest BCUT2D eigenvalue weighted by atomic mass is 10.1. The van der Waals surface area contributed by atoms with Gasteiger partial charge in [-0.2, -0.15) is 0 Å². The van der Waals surface area contributed by atoms with Gasteiger partial charge < -0.3 is 20.7 Å². The van der Waals surface area contributed by atoms with Crippen molar-refractivity contribution in [3.8, 4) is 0 Å². The Bertz CT molecular complexity index is 516. The zero-order chi connectivity index (χ0) is 14.0. The van der Waals surface area contributed by atoms with Crippen molar-refractivity contribution in [2.75, 3.05) is 31.8 Å². The van der Waals surface area contributed by atoms with Gasteiger partial charge in [0.15, 0.2) is 0 Å². The van der Waals surface area contributed by atoms with E-state index in [1.165, 1.54) is 13.2 Å². The number of carbonyl (C=O) groups is 2. The molecule has 0 radical (unpaired) electrons. The molecular formula is C13H17N3O3. The molecule has 0 aromatic heterocycles. The highest BCUT2D eigenvalue weighted by molar-refractivity contribution is 5.93. The molecule has 2 rings (SSSR count). The summed E-state index contributed by atoms with van der Waals surface area (Å²) >= 11 is 0. The highest BCUT2D eigenvalue weighted by Crippen LogP contribution is 2.23. The Morgan fingerprint density at radius 3 is 2.79 bits per heavy atom. The van der Waals surface area contributed by atoms with E-state index in [1.54, 1.807) is 24.1 Å². The molecule has 19 heavy (non-hydrogen) atoms. The molecule has 1 aromatic rings. The highest BCUT2D eigenvalue weighted by atomic mass is 16.5. The molecule has 102 valence electrons. The third-order valence-electron chi connectivity index (χ3n) is 3.23. The standard InChI is InChI=1S/C13H17N3O3/c1-16-6-5-11(12(16)17)15-10-4-3-8(7-9(10)14)13(18)19-2/h3-4,7,11,15H,5-6,14H2,1-2H3. The number of nitrogens with zero attached hydrogens (tertiary/aromatic N) is 1. The number of hydrogen-bond acceptors (Lipinski definition) is 5. The first-order valence-corrected chi connectivity index (χ1v) is 6.02. The Kier molecular flexibility index (Phi) is 3.59. The topological polar surface area (TPSA) is 84.7 Å².